The molecule has 130 valence electrons. The highest BCUT2D eigenvalue weighted by Gasteiger charge is 2.66. The van der Waals surface area contributed by atoms with Crippen molar-refractivity contribution in [1.82, 2.24) is 0 Å². The Morgan fingerprint density at radius 3 is 2.46 bits per heavy atom. The number of hydrogen-bond acceptors (Lipinski definition) is 6. The van der Waals surface area contributed by atoms with E-state index in [0.29, 0.717) is 0 Å². The number of fused-ring (bicyclic) bond motifs is 2. The van der Waals surface area contributed by atoms with Gasteiger partial charge >= 0.3 is 5.97 Å². The molecule has 6 heteroatoms. The van der Waals surface area contributed by atoms with Gasteiger partial charge in [0.05, 0.1) is 17.2 Å². The minimum Gasteiger partial charge on any atom is -0.733 e. The van der Waals surface area contributed by atoms with Crippen molar-refractivity contribution in [2.45, 2.75) is 33.6 Å². The van der Waals surface area contributed by atoms with E-state index >= 15 is 0 Å². The Labute approximate surface area is 140 Å². The molecule has 2 fully saturated rings. The van der Waals surface area contributed by atoms with Crippen molar-refractivity contribution >= 4 is 17.4 Å². The summed E-state index contributed by atoms with van der Waals surface area (Å²) in [5.41, 5.74) is -0.0810. The summed E-state index contributed by atoms with van der Waals surface area (Å²) in [6.45, 7) is 6.38. The molecule has 0 heterocycles. The third-order valence-corrected chi connectivity index (χ3v) is 6.39. The number of hydrogen-bond donors (Lipinski definition) is 1. The van der Waals surface area contributed by atoms with Crippen molar-refractivity contribution in [2.24, 2.45) is 22.7 Å². The SMILES string of the molecule is CC1(C)[C@H]2CC[C@]1(C)C(=O)[C@@H]2COC(=O)c1ccc(N([O-])O)cc1. The summed E-state index contributed by atoms with van der Waals surface area (Å²) >= 11 is 0. The Morgan fingerprint density at radius 2 is 1.96 bits per heavy atom. The predicted molar refractivity (Wildman–Crippen MR) is 87.5 cm³/mol. The zero-order valence-corrected chi connectivity index (χ0v) is 14.1. The highest BCUT2D eigenvalue weighted by atomic mass is 16.8. The van der Waals surface area contributed by atoms with E-state index < -0.39 is 5.97 Å². The van der Waals surface area contributed by atoms with Crippen LogP contribution in [-0.4, -0.2) is 23.6 Å². The van der Waals surface area contributed by atoms with E-state index in [1.54, 1.807) is 0 Å². The molecule has 2 bridgehead atoms. The summed E-state index contributed by atoms with van der Waals surface area (Å²) in [6.07, 6.45) is 1.89. The van der Waals surface area contributed by atoms with Crippen LogP contribution in [0.15, 0.2) is 24.3 Å². The number of carbonyl (C=O) groups is 2. The maximum Gasteiger partial charge on any atom is 0.338 e. The summed E-state index contributed by atoms with van der Waals surface area (Å²) in [6, 6.07) is 5.48. The standard InChI is InChI=1S/C18H22NO5/c1-17(2)14-8-9-18(17,3)15(20)13(14)10-24-16(21)11-4-6-12(7-5-11)19(22)23/h4-7,13-14,22H,8-10H2,1-3H3/q-1/t13-,14+,18-/m1/s1. The van der Waals surface area contributed by atoms with E-state index in [1.807, 2.05) is 6.92 Å². The minimum absolute atomic E-state index is 0.0319. The lowest BCUT2D eigenvalue weighted by atomic mass is 9.70. The van der Waals surface area contributed by atoms with Gasteiger partial charge in [-0.1, -0.05) is 20.8 Å². The Bertz CT molecular complexity index is 666. The van der Waals surface area contributed by atoms with E-state index in [4.69, 9.17) is 9.94 Å². The van der Waals surface area contributed by atoms with Crippen molar-refractivity contribution in [1.29, 1.82) is 0 Å². The van der Waals surface area contributed by atoms with Crippen LogP contribution in [0, 0.1) is 27.9 Å². The van der Waals surface area contributed by atoms with Crippen molar-refractivity contribution in [3.8, 4) is 0 Å². The molecule has 0 aliphatic heterocycles. The van der Waals surface area contributed by atoms with Crippen LogP contribution in [-0.2, 0) is 9.53 Å². The summed E-state index contributed by atoms with van der Waals surface area (Å²) in [5, 5.41) is 19.3. The number of Topliss-reactive ketones (excluding diaryl/α,β-unsaturated/α-hetero) is 1. The van der Waals surface area contributed by atoms with Crippen molar-refractivity contribution < 1.29 is 19.5 Å². The molecule has 2 aliphatic rings. The van der Waals surface area contributed by atoms with E-state index in [1.165, 1.54) is 24.3 Å². The zero-order valence-electron chi connectivity index (χ0n) is 14.1. The second-order valence-corrected chi connectivity index (χ2v) is 7.59. The molecule has 1 aromatic rings. The van der Waals surface area contributed by atoms with Crippen LogP contribution >= 0.6 is 0 Å². The average molecular weight is 332 g/mol. The quantitative estimate of drug-likeness (QED) is 0.673. The predicted octanol–water partition coefficient (Wildman–Crippen LogP) is 3.18. The first-order valence-corrected chi connectivity index (χ1v) is 8.16. The first-order valence-electron chi connectivity index (χ1n) is 8.16. The molecule has 3 rings (SSSR count). The lowest BCUT2D eigenvalue weighted by Crippen LogP contribution is -2.34. The first kappa shape index (κ1) is 16.9. The van der Waals surface area contributed by atoms with Crippen molar-refractivity contribution in [2.75, 3.05) is 11.8 Å². The third-order valence-electron chi connectivity index (χ3n) is 6.39. The smallest absolute Gasteiger partial charge is 0.338 e. The average Bonchev–Trinajstić information content (AvgIpc) is 2.85. The van der Waals surface area contributed by atoms with Crippen molar-refractivity contribution in [3.05, 3.63) is 35.0 Å². The van der Waals surface area contributed by atoms with Gasteiger partial charge in [0.1, 0.15) is 12.4 Å². The van der Waals surface area contributed by atoms with E-state index in [2.05, 4.69) is 13.8 Å². The first-order chi connectivity index (χ1) is 11.2. The van der Waals surface area contributed by atoms with E-state index in [-0.39, 0.29) is 51.5 Å². The number of ether oxygens (including phenoxy) is 1. The van der Waals surface area contributed by atoms with Gasteiger partial charge < -0.3 is 15.2 Å². The van der Waals surface area contributed by atoms with Crippen LogP contribution in [0.5, 0.6) is 0 Å². The number of benzene rings is 1. The van der Waals surface area contributed by atoms with Crippen LogP contribution < -0.4 is 5.23 Å². The molecule has 2 aliphatic carbocycles. The molecule has 0 amide bonds. The normalized spacial score (nSPS) is 30.5. The molecule has 3 atom stereocenters. The largest absolute Gasteiger partial charge is 0.733 e. The fourth-order valence-electron chi connectivity index (χ4n) is 4.44. The summed E-state index contributed by atoms with van der Waals surface area (Å²) in [7, 11) is 0. The Hall–Kier alpha value is -1.92. The number of esters is 1. The second-order valence-electron chi connectivity index (χ2n) is 7.59. The molecule has 6 nitrogen and oxygen atoms in total. The summed E-state index contributed by atoms with van der Waals surface area (Å²) < 4.78 is 5.36. The highest BCUT2D eigenvalue weighted by Crippen LogP contribution is 2.65. The number of nitrogens with zero attached hydrogens (tertiary/aromatic N) is 1. The third kappa shape index (κ3) is 2.32. The molecule has 0 spiro atoms. The Balaban J connectivity index is 1.66. The van der Waals surface area contributed by atoms with Crippen LogP contribution in [0.1, 0.15) is 44.0 Å². The minimum atomic E-state index is -0.532. The second kappa shape index (κ2) is 5.57. The van der Waals surface area contributed by atoms with Gasteiger partial charge in [0.2, 0.25) is 0 Å². The van der Waals surface area contributed by atoms with Crippen molar-refractivity contribution in [3.63, 3.8) is 0 Å². The van der Waals surface area contributed by atoms with E-state index in [9.17, 15) is 14.8 Å². The Morgan fingerprint density at radius 1 is 1.33 bits per heavy atom. The molecule has 1 aromatic carbocycles. The molecule has 2 saturated carbocycles. The van der Waals surface area contributed by atoms with Gasteiger partial charge in [-0.25, -0.2) is 4.79 Å². The zero-order chi connectivity index (χ0) is 17.7. The molecule has 0 aromatic heterocycles. The molecule has 1 N–H and O–H groups in total. The number of rotatable bonds is 4. The monoisotopic (exact) mass is 332 g/mol. The fraction of sp³-hybridized carbons (Fsp3) is 0.556. The van der Waals surface area contributed by atoms with Gasteiger partial charge in [0.15, 0.2) is 0 Å². The van der Waals surface area contributed by atoms with Gasteiger partial charge in [0.25, 0.3) is 0 Å². The molecule has 24 heavy (non-hydrogen) atoms. The summed E-state index contributed by atoms with van der Waals surface area (Å²) in [5.74, 6) is -0.324. The number of carbonyl (C=O) groups excluding carboxylic acids is 2. The summed E-state index contributed by atoms with van der Waals surface area (Å²) in [4.78, 5) is 24.9. The van der Waals surface area contributed by atoms with E-state index in [0.717, 1.165) is 12.8 Å². The fourth-order valence-corrected chi connectivity index (χ4v) is 4.44. The lowest BCUT2D eigenvalue weighted by Gasteiger charge is -2.32. The van der Waals surface area contributed by atoms with Gasteiger partial charge in [0, 0.05) is 5.41 Å². The van der Waals surface area contributed by atoms with Gasteiger partial charge in [-0.3, -0.25) is 10.0 Å². The van der Waals surface area contributed by atoms with Gasteiger partial charge in [-0.05, 0) is 48.4 Å². The topological polar surface area (TPSA) is 89.9 Å². The van der Waals surface area contributed by atoms with Gasteiger partial charge in [-0.15, -0.1) is 0 Å². The number of anilines is 1. The maximum absolute atomic E-state index is 12.7. The highest BCUT2D eigenvalue weighted by molar-refractivity contribution is 5.93. The molecule has 0 radical (unpaired) electrons. The Kier molecular flexibility index (Phi) is 3.92. The van der Waals surface area contributed by atoms with Crippen LogP contribution in [0.3, 0.4) is 0 Å². The molecular weight excluding hydrogens is 310 g/mol. The van der Waals surface area contributed by atoms with Crippen LogP contribution in [0.2, 0.25) is 0 Å². The molecule has 0 saturated heterocycles. The maximum atomic E-state index is 12.7. The number of ketones is 1. The van der Waals surface area contributed by atoms with Crippen LogP contribution in [0.4, 0.5) is 5.69 Å². The molecular formula is C18H22NO5-. The van der Waals surface area contributed by atoms with Crippen LogP contribution in [0.25, 0.3) is 0 Å². The lowest BCUT2D eigenvalue weighted by molar-refractivity contribution is -0.132. The molecule has 0 unspecified atom stereocenters. The van der Waals surface area contributed by atoms with Gasteiger partial charge in [-0.2, -0.15) is 0 Å².